The van der Waals surface area contributed by atoms with Crippen LogP contribution in [0.2, 0.25) is 0 Å². The predicted octanol–water partition coefficient (Wildman–Crippen LogP) is 2.54. The average Bonchev–Trinajstić information content (AvgIpc) is 3.32. The summed E-state index contributed by atoms with van der Waals surface area (Å²) < 4.78 is 90.8. The van der Waals surface area contributed by atoms with E-state index in [1.165, 1.54) is 11.7 Å². The third-order valence-corrected chi connectivity index (χ3v) is 7.23. The highest BCUT2D eigenvalue weighted by Gasteiger charge is 2.54. The molecule has 2 fully saturated rings. The molecule has 5 rings (SSSR count). The molecular formula is C17H14F4N5O6PS. The lowest BCUT2D eigenvalue weighted by molar-refractivity contribution is -0.0690. The SMILES string of the molecule is CO[C@@H]1[C@@H]2OP(=O)(O)OC[C@H]2O[C@H]1n1c(Sc2c(F)c(F)cc(F)c2F)nc2c(N)ncnc21. The summed E-state index contributed by atoms with van der Waals surface area (Å²) in [4.78, 5) is 20.8. The fourth-order valence-corrected chi connectivity index (χ4v) is 5.66. The fourth-order valence-electron chi connectivity index (χ4n) is 3.72. The van der Waals surface area contributed by atoms with Crippen LogP contribution >= 0.6 is 19.6 Å². The molecule has 2 aliphatic heterocycles. The first kappa shape index (κ1) is 23.4. The van der Waals surface area contributed by atoms with E-state index in [1.54, 1.807) is 0 Å². The van der Waals surface area contributed by atoms with Gasteiger partial charge in [0.15, 0.2) is 51.6 Å². The van der Waals surface area contributed by atoms with Gasteiger partial charge in [-0.1, -0.05) is 0 Å². The number of hydrogen-bond acceptors (Lipinski definition) is 10. The molecule has 0 amide bonds. The van der Waals surface area contributed by atoms with Gasteiger partial charge in [-0.05, 0) is 11.8 Å². The summed E-state index contributed by atoms with van der Waals surface area (Å²) in [5.74, 6) is -6.58. The fraction of sp³-hybridized carbons (Fsp3) is 0.353. The summed E-state index contributed by atoms with van der Waals surface area (Å²) in [6.45, 7) is -0.320. The zero-order chi connectivity index (χ0) is 24.4. The minimum atomic E-state index is -4.38. The van der Waals surface area contributed by atoms with Gasteiger partial charge in [0.25, 0.3) is 0 Å². The van der Waals surface area contributed by atoms with Crippen LogP contribution in [0.1, 0.15) is 6.23 Å². The molecule has 34 heavy (non-hydrogen) atoms. The Balaban J connectivity index is 1.66. The van der Waals surface area contributed by atoms with Crippen molar-refractivity contribution in [3.8, 4) is 0 Å². The molecule has 4 heterocycles. The number of rotatable bonds is 4. The maximum atomic E-state index is 14.4. The third-order valence-electron chi connectivity index (χ3n) is 5.21. The molecule has 0 bridgehead atoms. The van der Waals surface area contributed by atoms with Gasteiger partial charge in [-0.15, -0.1) is 0 Å². The minimum absolute atomic E-state index is 0.000939. The molecule has 0 spiro atoms. The van der Waals surface area contributed by atoms with Crippen molar-refractivity contribution >= 4 is 36.6 Å². The zero-order valence-corrected chi connectivity index (χ0v) is 18.6. The number of halogens is 4. The Morgan fingerprint density at radius 3 is 2.65 bits per heavy atom. The number of anilines is 1. The molecular weight excluding hydrogens is 509 g/mol. The van der Waals surface area contributed by atoms with E-state index < -0.39 is 60.5 Å². The van der Waals surface area contributed by atoms with Gasteiger partial charge in [0.2, 0.25) is 0 Å². The molecule has 5 atom stereocenters. The van der Waals surface area contributed by atoms with Crippen molar-refractivity contribution in [1.82, 2.24) is 19.5 Å². The second-order valence-corrected chi connectivity index (χ2v) is 9.58. The topological polar surface area (TPSA) is 144 Å². The standard InChI is InChI=1S/C17H14F4N5O6PS/c1-29-12-11-7(3-30-33(27,28)32-11)31-16(12)26-15-10(14(22)23-4-24-15)25-17(26)34-13-8(20)5(18)2-6(19)9(13)21/h2,4,7,11-12,16H,3H2,1H3,(H,27,28)(H2,22,23,24)/t7-,11-,12-,16-/m1/s1. The number of methoxy groups -OCH3 is 1. The number of nitrogens with zero attached hydrogens (tertiary/aromatic N) is 4. The molecule has 2 aromatic heterocycles. The number of nitrogens with two attached hydrogens (primary N) is 1. The second kappa shape index (κ2) is 8.41. The van der Waals surface area contributed by atoms with Gasteiger partial charge in [0, 0.05) is 13.2 Å². The lowest BCUT2D eigenvalue weighted by atomic mass is 10.1. The van der Waals surface area contributed by atoms with Crippen LogP contribution in [-0.4, -0.2) is 56.4 Å². The first-order valence-corrected chi connectivity index (χ1v) is 11.8. The molecule has 1 unspecified atom stereocenters. The number of fused-ring (bicyclic) bond motifs is 2. The largest absolute Gasteiger partial charge is 0.472 e. The van der Waals surface area contributed by atoms with Gasteiger partial charge in [0.05, 0.1) is 11.5 Å². The number of ether oxygens (including phenoxy) is 2. The maximum Gasteiger partial charge on any atom is 0.472 e. The Hall–Kier alpha value is -2.33. The summed E-state index contributed by atoms with van der Waals surface area (Å²) >= 11 is 0.249. The van der Waals surface area contributed by atoms with E-state index in [0.717, 1.165) is 6.33 Å². The average molecular weight is 523 g/mol. The lowest BCUT2D eigenvalue weighted by Gasteiger charge is -2.29. The molecule has 11 nitrogen and oxygen atoms in total. The second-order valence-electron chi connectivity index (χ2n) is 7.19. The van der Waals surface area contributed by atoms with Crippen LogP contribution in [0.3, 0.4) is 0 Å². The molecule has 0 saturated carbocycles. The molecule has 2 aliphatic rings. The van der Waals surface area contributed by atoms with Crippen LogP contribution in [0.25, 0.3) is 11.2 Å². The van der Waals surface area contributed by atoms with Gasteiger partial charge in [-0.3, -0.25) is 13.6 Å². The van der Waals surface area contributed by atoms with Crippen LogP contribution in [0.5, 0.6) is 0 Å². The summed E-state index contributed by atoms with van der Waals surface area (Å²) in [7, 11) is -3.10. The first-order chi connectivity index (χ1) is 16.1. The number of phosphoric acid groups is 1. The highest BCUT2D eigenvalue weighted by molar-refractivity contribution is 7.99. The highest BCUT2D eigenvalue weighted by atomic mass is 32.2. The summed E-state index contributed by atoms with van der Waals surface area (Å²) in [6.07, 6.45) is -3.10. The number of benzene rings is 1. The van der Waals surface area contributed by atoms with Crippen molar-refractivity contribution in [2.24, 2.45) is 0 Å². The van der Waals surface area contributed by atoms with Gasteiger partial charge < -0.3 is 20.1 Å². The van der Waals surface area contributed by atoms with Crippen LogP contribution in [-0.2, 0) is 23.1 Å². The van der Waals surface area contributed by atoms with Gasteiger partial charge >= 0.3 is 7.82 Å². The van der Waals surface area contributed by atoms with Crippen LogP contribution in [0.15, 0.2) is 22.4 Å². The summed E-state index contributed by atoms with van der Waals surface area (Å²) in [5.41, 5.74) is 5.90. The number of aromatic nitrogens is 4. The number of hydrogen-bond donors (Lipinski definition) is 2. The molecule has 1 aromatic carbocycles. The van der Waals surface area contributed by atoms with E-state index in [4.69, 9.17) is 24.3 Å². The van der Waals surface area contributed by atoms with Gasteiger partial charge in [-0.2, -0.15) is 0 Å². The van der Waals surface area contributed by atoms with Crippen LogP contribution in [0.4, 0.5) is 23.4 Å². The highest BCUT2D eigenvalue weighted by Crippen LogP contribution is 2.53. The quantitative estimate of drug-likeness (QED) is 0.296. The summed E-state index contributed by atoms with van der Waals surface area (Å²) in [5, 5.41) is -0.233. The molecule has 2 saturated heterocycles. The molecule has 3 aromatic rings. The normalized spacial score (nSPS) is 29.0. The Labute approximate surface area is 191 Å². The van der Waals surface area contributed by atoms with Crippen molar-refractivity contribution in [2.45, 2.75) is 34.6 Å². The van der Waals surface area contributed by atoms with Crippen molar-refractivity contribution in [3.63, 3.8) is 0 Å². The number of nitrogen functional groups attached to an aromatic ring is 1. The molecule has 0 radical (unpaired) electrons. The van der Waals surface area contributed by atoms with E-state index >= 15 is 0 Å². The Kier molecular flexibility index (Phi) is 5.79. The predicted molar refractivity (Wildman–Crippen MR) is 105 cm³/mol. The van der Waals surface area contributed by atoms with E-state index in [1.807, 2.05) is 0 Å². The lowest BCUT2D eigenvalue weighted by Crippen LogP contribution is -2.40. The summed E-state index contributed by atoms with van der Waals surface area (Å²) in [6, 6.07) is 0.0808. The van der Waals surface area contributed by atoms with Gasteiger partial charge in [-0.25, -0.2) is 37.1 Å². The Morgan fingerprint density at radius 2 is 1.97 bits per heavy atom. The third kappa shape index (κ3) is 3.75. The maximum absolute atomic E-state index is 14.4. The number of imidazole rings is 1. The molecule has 182 valence electrons. The van der Waals surface area contributed by atoms with Crippen molar-refractivity contribution < 1.29 is 45.5 Å². The molecule has 3 N–H and O–H groups in total. The van der Waals surface area contributed by atoms with Crippen molar-refractivity contribution in [2.75, 3.05) is 19.5 Å². The van der Waals surface area contributed by atoms with E-state index in [9.17, 15) is 27.0 Å². The van der Waals surface area contributed by atoms with E-state index in [2.05, 4.69) is 15.0 Å². The van der Waals surface area contributed by atoms with Crippen molar-refractivity contribution in [1.29, 1.82) is 0 Å². The number of phosphoric ester groups is 1. The van der Waals surface area contributed by atoms with E-state index in [-0.39, 0.29) is 46.6 Å². The van der Waals surface area contributed by atoms with E-state index in [0.29, 0.717) is 0 Å². The molecule has 0 aliphatic carbocycles. The zero-order valence-electron chi connectivity index (χ0n) is 16.9. The monoisotopic (exact) mass is 523 g/mol. The smallest absolute Gasteiger partial charge is 0.382 e. The minimum Gasteiger partial charge on any atom is -0.382 e. The van der Waals surface area contributed by atoms with Crippen LogP contribution in [0, 0.1) is 23.3 Å². The molecule has 17 heteroatoms. The Bertz CT molecular complexity index is 1320. The Morgan fingerprint density at radius 1 is 1.26 bits per heavy atom. The van der Waals surface area contributed by atoms with Crippen molar-refractivity contribution in [3.05, 3.63) is 35.7 Å². The van der Waals surface area contributed by atoms with Gasteiger partial charge in [0.1, 0.15) is 24.6 Å². The van der Waals surface area contributed by atoms with Crippen LogP contribution < -0.4 is 5.73 Å². The first-order valence-electron chi connectivity index (χ1n) is 9.44.